The summed E-state index contributed by atoms with van der Waals surface area (Å²) in [5, 5.41) is 10.0. The zero-order valence-electron chi connectivity index (χ0n) is 13.9. The van der Waals surface area contributed by atoms with Gasteiger partial charge in [-0.25, -0.2) is 9.98 Å². The zero-order chi connectivity index (χ0) is 15.8. The van der Waals surface area contributed by atoms with E-state index in [0.29, 0.717) is 0 Å². The van der Waals surface area contributed by atoms with E-state index in [0.717, 1.165) is 38.4 Å². The quantitative estimate of drug-likeness (QED) is 0.370. The van der Waals surface area contributed by atoms with Gasteiger partial charge >= 0.3 is 0 Å². The minimum absolute atomic E-state index is 0. The number of hydrogen-bond acceptors (Lipinski definition) is 4. The van der Waals surface area contributed by atoms with Crippen LogP contribution in [-0.2, 0) is 19.4 Å². The number of rotatable bonds is 7. The number of thiophene rings is 1. The largest absolute Gasteiger partial charge is 0.357 e. The Bertz CT molecular complexity index is 607. The third-order valence-corrected chi connectivity index (χ3v) is 5.14. The van der Waals surface area contributed by atoms with Gasteiger partial charge in [-0.1, -0.05) is 6.92 Å². The van der Waals surface area contributed by atoms with Crippen molar-refractivity contribution in [1.29, 1.82) is 0 Å². The molecule has 0 saturated heterocycles. The van der Waals surface area contributed by atoms with Gasteiger partial charge in [0.25, 0.3) is 0 Å². The number of aromatic nitrogens is 1. The second-order valence-corrected chi connectivity index (χ2v) is 7.29. The van der Waals surface area contributed by atoms with Crippen LogP contribution in [0.3, 0.4) is 0 Å². The second kappa shape index (κ2) is 11.0. The monoisotopic (exact) mass is 464 g/mol. The van der Waals surface area contributed by atoms with Gasteiger partial charge in [0.15, 0.2) is 5.96 Å². The first-order valence-electron chi connectivity index (χ1n) is 7.72. The predicted molar refractivity (Wildman–Crippen MR) is 112 cm³/mol. The molecular weight excluding hydrogens is 439 g/mol. The minimum Gasteiger partial charge on any atom is -0.357 e. The van der Waals surface area contributed by atoms with Crippen molar-refractivity contribution in [2.45, 2.75) is 40.2 Å². The fourth-order valence-electron chi connectivity index (χ4n) is 2.00. The molecule has 0 bridgehead atoms. The molecule has 128 valence electrons. The average Bonchev–Trinajstić information content (AvgIpc) is 3.13. The Morgan fingerprint density at radius 3 is 2.70 bits per heavy atom. The highest BCUT2D eigenvalue weighted by Crippen LogP contribution is 2.15. The number of nitrogens with one attached hydrogen (secondary N) is 2. The fraction of sp³-hybridized carbons (Fsp3) is 0.500. The van der Waals surface area contributed by atoms with Crippen LogP contribution in [0.2, 0.25) is 0 Å². The lowest BCUT2D eigenvalue weighted by Gasteiger charge is -2.10. The van der Waals surface area contributed by atoms with E-state index in [-0.39, 0.29) is 24.0 Å². The Hall–Kier alpha value is -0.670. The van der Waals surface area contributed by atoms with Crippen molar-refractivity contribution in [3.05, 3.63) is 38.0 Å². The molecule has 0 atom stereocenters. The highest BCUT2D eigenvalue weighted by Gasteiger charge is 2.02. The molecule has 23 heavy (non-hydrogen) atoms. The lowest BCUT2D eigenvalue weighted by Crippen LogP contribution is -2.38. The van der Waals surface area contributed by atoms with Gasteiger partial charge in [-0.05, 0) is 32.4 Å². The summed E-state index contributed by atoms with van der Waals surface area (Å²) >= 11 is 3.55. The summed E-state index contributed by atoms with van der Waals surface area (Å²) in [6.45, 7) is 8.79. The average molecular weight is 464 g/mol. The molecule has 7 heteroatoms. The number of aliphatic imine (C=N–C) groups is 1. The normalized spacial score (nSPS) is 11.2. The van der Waals surface area contributed by atoms with Gasteiger partial charge in [0.05, 0.1) is 17.2 Å². The molecule has 0 unspecified atom stereocenters. The van der Waals surface area contributed by atoms with Gasteiger partial charge in [-0.15, -0.1) is 46.7 Å². The first-order chi connectivity index (χ1) is 10.7. The van der Waals surface area contributed by atoms with Crippen LogP contribution in [0.15, 0.2) is 22.5 Å². The van der Waals surface area contributed by atoms with E-state index in [4.69, 9.17) is 0 Å². The topological polar surface area (TPSA) is 49.3 Å². The molecule has 0 amide bonds. The first kappa shape index (κ1) is 20.4. The smallest absolute Gasteiger partial charge is 0.191 e. The van der Waals surface area contributed by atoms with Crippen molar-refractivity contribution in [2.75, 3.05) is 13.1 Å². The molecule has 0 radical (unpaired) electrons. The van der Waals surface area contributed by atoms with E-state index in [1.54, 1.807) is 22.7 Å². The highest BCUT2D eigenvalue weighted by atomic mass is 127. The Morgan fingerprint density at radius 1 is 1.26 bits per heavy atom. The number of hydrogen-bond donors (Lipinski definition) is 2. The summed E-state index contributed by atoms with van der Waals surface area (Å²) < 4.78 is 0. The van der Waals surface area contributed by atoms with Crippen molar-refractivity contribution in [3.8, 4) is 0 Å². The second-order valence-electron chi connectivity index (χ2n) is 4.97. The van der Waals surface area contributed by atoms with Crippen LogP contribution in [0.4, 0.5) is 0 Å². The summed E-state index contributed by atoms with van der Waals surface area (Å²) in [5.41, 5.74) is 1.17. The maximum Gasteiger partial charge on any atom is 0.191 e. The van der Waals surface area contributed by atoms with Gasteiger partial charge in [-0.3, -0.25) is 0 Å². The van der Waals surface area contributed by atoms with Crippen molar-refractivity contribution in [1.82, 2.24) is 15.6 Å². The van der Waals surface area contributed by atoms with Crippen LogP contribution in [-0.4, -0.2) is 24.0 Å². The molecule has 2 aromatic heterocycles. The van der Waals surface area contributed by atoms with Crippen LogP contribution in [0.5, 0.6) is 0 Å². The maximum absolute atomic E-state index is 4.64. The van der Waals surface area contributed by atoms with E-state index in [1.165, 1.54) is 20.5 Å². The highest BCUT2D eigenvalue weighted by molar-refractivity contribution is 14.0. The van der Waals surface area contributed by atoms with Gasteiger partial charge in [-0.2, -0.15) is 0 Å². The standard InChI is InChI=1S/C16H24N4S2.HI/c1-4-15-20-13(11-21-15)8-9-18-16(17-5-2)19-10-14-7-6-12(3)22-14;/h6-7,11H,4-5,8-10H2,1-3H3,(H2,17,18,19);1H. The molecule has 4 nitrogen and oxygen atoms in total. The van der Waals surface area contributed by atoms with E-state index in [2.05, 4.69) is 58.9 Å². The minimum atomic E-state index is 0. The summed E-state index contributed by atoms with van der Waals surface area (Å²) in [6, 6.07) is 4.29. The molecule has 2 N–H and O–H groups in total. The molecule has 0 fully saturated rings. The molecule has 0 aromatic carbocycles. The lowest BCUT2D eigenvalue weighted by atomic mass is 10.3. The van der Waals surface area contributed by atoms with Gasteiger partial charge in [0.2, 0.25) is 0 Å². The summed E-state index contributed by atoms with van der Waals surface area (Å²) in [6.07, 6.45) is 1.95. The van der Waals surface area contributed by atoms with Crippen LogP contribution < -0.4 is 10.6 Å². The Kier molecular flexibility index (Phi) is 9.73. The zero-order valence-corrected chi connectivity index (χ0v) is 17.9. The SMILES string of the molecule is CCNC(=NCc1ccc(C)s1)NCCc1csc(CC)n1.I. The van der Waals surface area contributed by atoms with Crippen LogP contribution in [0, 0.1) is 6.92 Å². The van der Waals surface area contributed by atoms with Crippen molar-refractivity contribution in [3.63, 3.8) is 0 Å². The van der Waals surface area contributed by atoms with E-state index >= 15 is 0 Å². The molecule has 2 aromatic rings. The lowest BCUT2D eigenvalue weighted by molar-refractivity contribution is 0.790. The van der Waals surface area contributed by atoms with Crippen LogP contribution in [0.1, 0.15) is 34.3 Å². The van der Waals surface area contributed by atoms with Gasteiger partial charge in [0, 0.05) is 34.6 Å². The molecule has 0 aliphatic heterocycles. The maximum atomic E-state index is 4.64. The van der Waals surface area contributed by atoms with Crippen LogP contribution in [0.25, 0.3) is 0 Å². The molecule has 0 aliphatic carbocycles. The van der Waals surface area contributed by atoms with E-state index in [1.807, 2.05) is 0 Å². The Morgan fingerprint density at radius 2 is 2.09 bits per heavy atom. The number of aryl methyl sites for hydroxylation is 2. The fourth-order valence-corrected chi connectivity index (χ4v) is 3.60. The van der Waals surface area contributed by atoms with Gasteiger partial charge < -0.3 is 10.6 Å². The van der Waals surface area contributed by atoms with E-state index in [9.17, 15) is 0 Å². The van der Waals surface area contributed by atoms with E-state index < -0.39 is 0 Å². The number of halogens is 1. The van der Waals surface area contributed by atoms with Crippen LogP contribution >= 0.6 is 46.7 Å². The molecule has 0 spiro atoms. The van der Waals surface area contributed by atoms with Gasteiger partial charge in [0.1, 0.15) is 0 Å². The third-order valence-electron chi connectivity index (χ3n) is 3.11. The number of nitrogens with zero attached hydrogens (tertiary/aromatic N) is 2. The summed E-state index contributed by atoms with van der Waals surface area (Å²) in [4.78, 5) is 11.8. The number of thiazole rings is 1. The van der Waals surface area contributed by atoms with Crippen molar-refractivity contribution >= 4 is 52.6 Å². The Balaban J connectivity index is 0.00000264. The molecule has 0 aliphatic rings. The molecule has 0 saturated carbocycles. The molecular formula is C16H25IN4S2. The predicted octanol–water partition coefficient (Wildman–Crippen LogP) is 3.99. The van der Waals surface area contributed by atoms with Crippen molar-refractivity contribution in [2.24, 2.45) is 4.99 Å². The molecule has 2 heterocycles. The Labute approximate surface area is 163 Å². The first-order valence-corrected chi connectivity index (χ1v) is 9.41. The number of guanidine groups is 1. The third kappa shape index (κ3) is 7.17. The summed E-state index contributed by atoms with van der Waals surface area (Å²) in [7, 11) is 0. The molecule has 2 rings (SSSR count). The van der Waals surface area contributed by atoms with Crippen molar-refractivity contribution < 1.29 is 0 Å². The summed E-state index contributed by atoms with van der Waals surface area (Å²) in [5.74, 6) is 0.875.